The summed E-state index contributed by atoms with van der Waals surface area (Å²) in [6, 6.07) is 0. The van der Waals surface area contributed by atoms with Crippen molar-refractivity contribution in [1.29, 1.82) is 0 Å². The minimum absolute atomic E-state index is 0.0896. The third kappa shape index (κ3) is 4.73. The zero-order valence-electron chi connectivity index (χ0n) is 17.1. The summed E-state index contributed by atoms with van der Waals surface area (Å²) < 4.78 is 17.0. The molecule has 3 rings (SSSR count). The minimum atomic E-state index is -1.49. The van der Waals surface area contributed by atoms with Crippen LogP contribution in [0.25, 0.3) is 0 Å². The predicted molar refractivity (Wildman–Crippen MR) is 103 cm³/mol. The Morgan fingerprint density at radius 1 is 1.17 bits per heavy atom. The maximum Gasteiger partial charge on any atom is 0.309 e. The Labute approximate surface area is 170 Å². The molecule has 8 nitrogen and oxygen atoms in total. The third-order valence-electron chi connectivity index (χ3n) is 6.32. The van der Waals surface area contributed by atoms with E-state index in [1.165, 1.54) is 5.57 Å². The van der Waals surface area contributed by atoms with Gasteiger partial charge in [-0.05, 0) is 44.8 Å². The number of rotatable bonds is 3. The molecule has 2 heterocycles. The van der Waals surface area contributed by atoms with Crippen LogP contribution in [0, 0.1) is 11.8 Å². The first-order valence-electron chi connectivity index (χ1n) is 10.2. The highest BCUT2D eigenvalue weighted by atomic mass is 16.7. The molecule has 0 aromatic heterocycles. The van der Waals surface area contributed by atoms with E-state index >= 15 is 0 Å². The number of fused-ring (bicyclic) bond motifs is 1. The van der Waals surface area contributed by atoms with E-state index in [-0.39, 0.29) is 23.9 Å². The monoisotopic (exact) mass is 412 g/mol. The van der Waals surface area contributed by atoms with Crippen LogP contribution in [0.2, 0.25) is 0 Å². The second-order valence-corrected chi connectivity index (χ2v) is 8.41. The van der Waals surface area contributed by atoms with E-state index < -0.39 is 43.4 Å². The van der Waals surface area contributed by atoms with Crippen LogP contribution in [-0.4, -0.2) is 75.9 Å². The normalized spacial score (nSPS) is 47.4. The van der Waals surface area contributed by atoms with Crippen LogP contribution in [0.4, 0.5) is 0 Å². The van der Waals surface area contributed by atoms with Crippen molar-refractivity contribution >= 4 is 5.97 Å². The number of carbonyl (C=O) groups is 1. The molecule has 3 aliphatic rings. The minimum Gasteiger partial charge on any atom is -0.458 e. The molecule has 9 atom stereocenters. The highest BCUT2D eigenvalue weighted by molar-refractivity contribution is 5.75. The number of ether oxygens (including phenoxy) is 3. The van der Waals surface area contributed by atoms with Gasteiger partial charge in [-0.25, -0.2) is 0 Å². The van der Waals surface area contributed by atoms with E-state index in [4.69, 9.17) is 14.2 Å². The molecule has 164 valence electrons. The van der Waals surface area contributed by atoms with Gasteiger partial charge in [0, 0.05) is 5.92 Å². The van der Waals surface area contributed by atoms with Crippen LogP contribution < -0.4 is 0 Å². The molecule has 2 aliphatic heterocycles. The molecule has 0 aromatic rings. The summed E-state index contributed by atoms with van der Waals surface area (Å²) in [7, 11) is 0. The summed E-state index contributed by atoms with van der Waals surface area (Å²) in [5.74, 6) is -0.274. The molecule has 4 N–H and O–H groups in total. The Kier molecular flexibility index (Phi) is 7.14. The number of allylic oxidation sites excluding steroid dienone is 1. The van der Waals surface area contributed by atoms with Crippen LogP contribution in [0.5, 0.6) is 0 Å². The molecule has 0 amide bonds. The molecule has 29 heavy (non-hydrogen) atoms. The van der Waals surface area contributed by atoms with Crippen LogP contribution in [0.1, 0.15) is 40.0 Å². The van der Waals surface area contributed by atoms with Crippen molar-refractivity contribution in [3.8, 4) is 0 Å². The van der Waals surface area contributed by atoms with Gasteiger partial charge in [-0.2, -0.15) is 0 Å². The van der Waals surface area contributed by atoms with E-state index in [9.17, 15) is 25.2 Å². The van der Waals surface area contributed by atoms with Crippen molar-refractivity contribution in [1.82, 2.24) is 0 Å². The predicted octanol–water partition coefficient (Wildman–Crippen LogP) is 0.426. The number of esters is 1. The van der Waals surface area contributed by atoms with Crippen LogP contribution >= 0.6 is 0 Å². The molecule has 0 unspecified atom stereocenters. The Bertz CT molecular complexity index is 657. The Balaban J connectivity index is 1.82. The largest absolute Gasteiger partial charge is 0.458 e. The fourth-order valence-corrected chi connectivity index (χ4v) is 4.22. The standard InChI is InChI=1S/C21H32O8/c1-10-4-6-13-12(3)20(26)27-15(13)8-11(2)14(7-5-10)28-21-19(25)18(24)17(23)16(9-22)29-21/h5,8,12-19,21-25H,4,6-7,9H2,1-3H3/b10-5+,11-8+/t12-,13-,14+,15+,16+,17+,18-,19+,21+/m0/s1. The van der Waals surface area contributed by atoms with Crippen molar-refractivity contribution in [2.24, 2.45) is 11.8 Å². The number of aliphatic hydroxyl groups excluding tert-OH is 4. The van der Waals surface area contributed by atoms with E-state index in [1.54, 1.807) is 0 Å². The average Bonchev–Trinajstić information content (AvgIpc) is 2.95. The lowest BCUT2D eigenvalue weighted by molar-refractivity contribution is -0.308. The molecule has 0 bridgehead atoms. The van der Waals surface area contributed by atoms with Crippen LogP contribution in [0.3, 0.4) is 0 Å². The first-order chi connectivity index (χ1) is 13.7. The van der Waals surface area contributed by atoms with E-state index in [0.717, 1.165) is 18.4 Å². The van der Waals surface area contributed by atoms with Gasteiger partial charge in [0.15, 0.2) is 6.29 Å². The fourth-order valence-electron chi connectivity index (χ4n) is 4.22. The molecule has 0 saturated carbocycles. The fraction of sp³-hybridized carbons (Fsp3) is 0.762. The maximum absolute atomic E-state index is 12.1. The molecular formula is C21H32O8. The van der Waals surface area contributed by atoms with E-state index in [2.05, 4.69) is 6.08 Å². The first-order valence-corrected chi connectivity index (χ1v) is 10.2. The Morgan fingerprint density at radius 2 is 1.90 bits per heavy atom. The van der Waals surface area contributed by atoms with Gasteiger partial charge >= 0.3 is 5.97 Å². The van der Waals surface area contributed by atoms with Crippen molar-refractivity contribution in [3.05, 3.63) is 23.3 Å². The molecular weight excluding hydrogens is 380 g/mol. The van der Waals surface area contributed by atoms with Gasteiger partial charge < -0.3 is 34.6 Å². The summed E-state index contributed by atoms with van der Waals surface area (Å²) in [5.41, 5.74) is 2.00. The lowest BCUT2D eigenvalue weighted by atomic mass is 9.84. The smallest absolute Gasteiger partial charge is 0.309 e. The van der Waals surface area contributed by atoms with Gasteiger partial charge in [0.2, 0.25) is 0 Å². The lowest BCUT2D eigenvalue weighted by Gasteiger charge is -2.41. The quantitative estimate of drug-likeness (QED) is 0.388. The Hall–Kier alpha value is -1.29. The number of hydrogen-bond donors (Lipinski definition) is 4. The first kappa shape index (κ1) is 22.4. The molecule has 0 aromatic carbocycles. The third-order valence-corrected chi connectivity index (χ3v) is 6.32. The van der Waals surface area contributed by atoms with Crippen molar-refractivity contribution in [3.63, 3.8) is 0 Å². The van der Waals surface area contributed by atoms with E-state index in [1.807, 2.05) is 26.8 Å². The number of aliphatic hydroxyl groups is 4. The van der Waals surface area contributed by atoms with Gasteiger partial charge in [0.1, 0.15) is 30.5 Å². The van der Waals surface area contributed by atoms with Gasteiger partial charge in [-0.1, -0.05) is 18.6 Å². The SMILES string of the molecule is C/C1=C\C[C@@H](O[C@@H]2O[C@H](CO)[C@@H](O)[C@H](O)[C@H]2O)/C(C)=C/[C@H]2OC(=O)[C@@H](C)[C@@H]2CC1. The van der Waals surface area contributed by atoms with Gasteiger partial charge in [-0.3, -0.25) is 4.79 Å². The topological polar surface area (TPSA) is 126 Å². The van der Waals surface area contributed by atoms with Crippen molar-refractivity contribution < 1.29 is 39.4 Å². The number of hydrogen-bond acceptors (Lipinski definition) is 8. The van der Waals surface area contributed by atoms with E-state index in [0.29, 0.717) is 6.42 Å². The zero-order valence-corrected chi connectivity index (χ0v) is 17.1. The zero-order chi connectivity index (χ0) is 21.3. The van der Waals surface area contributed by atoms with Crippen LogP contribution in [-0.2, 0) is 19.0 Å². The van der Waals surface area contributed by atoms with Gasteiger partial charge in [0.25, 0.3) is 0 Å². The highest BCUT2D eigenvalue weighted by Gasteiger charge is 2.45. The second-order valence-electron chi connectivity index (χ2n) is 8.41. The molecule has 8 heteroatoms. The summed E-state index contributed by atoms with van der Waals surface area (Å²) in [6.45, 7) is 5.28. The summed E-state index contributed by atoms with van der Waals surface area (Å²) >= 11 is 0. The van der Waals surface area contributed by atoms with Crippen molar-refractivity contribution in [2.75, 3.05) is 6.61 Å². The number of carbonyl (C=O) groups excluding carboxylic acids is 1. The molecule has 2 saturated heterocycles. The highest BCUT2D eigenvalue weighted by Crippen LogP contribution is 2.36. The van der Waals surface area contributed by atoms with Crippen molar-refractivity contribution in [2.45, 2.75) is 82.9 Å². The summed E-state index contributed by atoms with van der Waals surface area (Å²) in [4.78, 5) is 12.1. The Morgan fingerprint density at radius 3 is 2.59 bits per heavy atom. The lowest BCUT2D eigenvalue weighted by Crippen LogP contribution is -2.59. The molecule has 0 radical (unpaired) electrons. The molecule has 0 spiro atoms. The molecule has 1 aliphatic carbocycles. The summed E-state index contributed by atoms with van der Waals surface area (Å²) in [6.07, 6.45) is -1.25. The maximum atomic E-state index is 12.1. The van der Waals surface area contributed by atoms with Gasteiger partial charge in [-0.15, -0.1) is 0 Å². The van der Waals surface area contributed by atoms with Crippen LogP contribution in [0.15, 0.2) is 23.3 Å². The second kappa shape index (κ2) is 9.24. The molecule has 2 fully saturated rings. The average molecular weight is 412 g/mol. The van der Waals surface area contributed by atoms with Gasteiger partial charge in [0.05, 0.1) is 18.6 Å². The summed E-state index contributed by atoms with van der Waals surface area (Å²) in [5, 5.41) is 39.6.